The Bertz CT molecular complexity index is 895. The number of rotatable bonds is 5. The van der Waals surface area contributed by atoms with Crippen LogP contribution in [0.3, 0.4) is 0 Å². The molecule has 0 bridgehead atoms. The average Bonchev–Trinajstić information content (AvgIpc) is 2.87. The summed E-state index contributed by atoms with van der Waals surface area (Å²) in [4.78, 5) is 25.9. The number of carbonyl (C=O) groups excluding carboxylic acids is 2. The van der Waals surface area contributed by atoms with E-state index >= 15 is 0 Å². The SMILES string of the molecule is NS(=O)(=O)c1ccc(C[NH2+][C@@H]2CC(=O)N(c3ccccc3)C2=O)cc1. The summed E-state index contributed by atoms with van der Waals surface area (Å²) in [5.74, 6) is -0.459. The van der Waals surface area contributed by atoms with Gasteiger partial charge >= 0.3 is 0 Å². The van der Waals surface area contributed by atoms with Crippen molar-refractivity contribution in [3.8, 4) is 0 Å². The summed E-state index contributed by atoms with van der Waals surface area (Å²) in [5, 5.41) is 6.85. The van der Waals surface area contributed by atoms with E-state index < -0.39 is 16.1 Å². The quantitative estimate of drug-likeness (QED) is 0.714. The molecule has 7 nitrogen and oxygen atoms in total. The molecule has 8 heteroatoms. The summed E-state index contributed by atoms with van der Waals surface area (Å²) in [6.45, 7) is 0.456. The Morgan fingerprint density at radius 3 is 2.28 bits per heavy atom. The van der Waals surface area contributed by atoms with Crippen molar-refractivity contribution in [2.75, 3.05) is 4.90 Å². The zero-order valence-corrected chi connectivity index (χ0v) is 14.1. The van der Waals surface area contributed by atoms with Crippen molar-refractivity contribution in [3.05, 3.63) is 60.2 Å². The maximum atomic E-state index is 12.5. The number of sulfonamides is 1. The van der Waals surface area contributed by atoms with Crippen LogP contribution in [0.4, 0.5) is 5.69 Å². The lowest BCUT2D eigenvalue weighted by Crippen LogP contribution is -2.90. The Hall–Kier alpha value is -2.55. The second-order valence-corrected chi connectivity index (χ2v) is 7.40. The number of benzene rings is 2. The number of carbonyl (C=O) groups is 2. The third kappa shape index (κ3) is 3.76. The van der Waals surface area contributed by atoms with Crippen LogP contribution in [0.15, 0.2) is 59.5 Å². The van der Waals surface area contributed by atoms with Gasteiger partial charge in [-0.05, 0) is 24.3 Å². The highest BCUT2D eigenvalue weighted by molar-refractivity contribution is 7.89. The zero-order valence-electron chi connectivity index (χ0n) is 13.3. The molecule has 2 amide bonds. The molecule has 25 heavy (non-hydrogen) atoms. The lowest BCUT2D eigenvalue weighted by atomic mass is 10.2. The first kappa shape index (κ1) is 17.3. The molecular formula is C17H18N3O4S+. The lowest BCUT2D eigenvalue weighted by Gasteiger charge is -2.14. The molecular weight excluding hydrogens is 342 g/mol. The summed E-state index contributed by atoms with van der Waals surface area (Å²) < 4.78 is 22.5. The number of hydrogen-bond acceptors (Lipinski definition) is 4. The predicted octanol–water partition coefficient (Wildman–Crippen LogP) is -0.270. The molecule has 2 aromatic carbocycles. The fraction of sp³-hybridized carbons (Fsp3) is 0.176. The van der Waals surface area contributed by atoms with E-state index in [0.717, 1.165) is 5.56 Å². The molecule has 0 unspecified atom stereocenters. The van der Waals surface area contributed by atoms with Crippen molar-refractivity contribution in [2.24, 2.45) is 5.14 Å². The Morgan fingerprint density at radius 2 is 1.68 bits per heavy atom. The number of amides is 2. The molecule has 0 aliphatic carbocycles. The number of quaternary nitrogens is 1. The van der Waals surface area contributed by atoms with Crippen LogP contribution in [0.2, 0.25) is 0 Å². The minimum absolute atomic E-state index is 0.0404. The second-order valence-electron chi connectivity index (χ2n) is 5.84. The monoisotopic (exact) mass is 360 g/mol. The largest absolute Gasteiger partial charge is 0.332 e. The summed E-state index contributed by atoms with van der Waals surface area (Å²) in [7, 11) is -3.72. The van der Waals surface area contributed by atoms with Crippen molar-refractivity contribution < 1.29 is 23.3 Å². The van der Waals surface area contributed by atoms with E-state index in [9.17, 15) is 18.0 Å². The number of hydrogen-bond donors (Lipinski definition) is 2. The van der Waals surface area contributed by atoms with Gasteiger partial charge in [0.25, 0.3) is 5.91 Å². The van der Waals surface area contributed by atoms with Gasteiger partial charge < -0.3 is 5.32 Å². The van der Waals surface area contributed by atoms with Gasteiger partial charge in [0, 0.05) is 5.56 Å². The van der Waals surface area contributed by atoms with Crippen LogP contribution in [0.5, 0.6) is 0 Å². The number of primary sulfonamides is 1. The smallest absolute Gasteiger partial charge is 0.292 e. The van der Waals surface area contributed by atoms with Gasteiger partial charge in [0.15, 0.2) is 6.04 Å². The number of imide groups is 1. The molecule has 0 saturated carbocycles. The molecule has 1 heterocycles. The predicted molar refractivity (Wildman–Crippen MR) is 90.8 cm³/mol. The van der Waals surface area contributed by atoms with E-state index in [2.05, 4.69) is 0 Å². The minimum Gasteiger partial charge on any atom is -0.332 e. The van der Waals surface area contributed by atoms with E-state index in [-0.39, 0.29) is 23.1 Å². The van der Waals surface area contributed by atoms with Gasteiger partial charge in [-0.1, -0.05) is 30.3 Å². The highest BCUT2D eigenvalue weighted by Crippen LogP contribution is 2.21. The fourth-order valence-electron chi connectivity index (χ4n) is 2.78. The molecule has 0 radical (unpaired) electrons. The first-order valence-electron chi connectivity index (χ1n) is 7.73. The van der Waals surface area contributed by atoms with E-state index in [1.165, 1.54) is 17.0 Å². The van der Waals surface area contributed by atoms with Crippen LogP contribution in [0.25, 0.3) is 0 Å². The molecule has 1 fully saturated rings. The first-order valence-corrected chi connectivity index (χ1v) is 9.28. The van der Waals surface area contributed by atoms with Crippen LogP contribution >= 0.6 is 0 Å². The topological polar surface area (TPSA) is 114 Å². The van der Waals surface area contributed by atoms with E-state index in [0.29, 0.717) is 12.2 Å². The first-order chi connectivity index (χ1) is 11.9. The van der Waals surface area contributed by atoms with Crippen LogP contribution in [0.1, 0.15) is 12.0 Å². The number of nitrogens with zero attached hydrogens (tertiary/aromatic N) is 1. The molecule has 1 atom stereocenters. The maximum Gasteiger partial charge on any atom is 0.292 e. The molecule has 3 rings (SSSR count). The lowest BCUT2D eigenvalue weighted by molar-refractivity contribution is -0.690. The average molecular weight is 360 g/mol. The molecule has 0 aromatic heterocycles. The second kappa shape index (κ2) is 6.75. The van der Waals surface area contributed by atoms with E-state index in [1.807, 2.05) is 6.07 Å². The number of anilines is 1. The molecule has 1 aliphatic rings. The molecule has 1 saturated heterocycles. The van der Waals surface area contributed by atoms with Gasteiger partial charge in [-0.2, -0.15) is 0 Å². The van der Waals surface area contributed by atoms with Gasteiger partial charge in [-0.15, -0.1) is 0 Å². The fourth-order valence-corrected chi connectivity index (χ4v) is 3.30. The normalized spacial score (nSPS) is 18.0. The third-order valence-electron chi connectivity index (χ3n) is 4.09. The summed E-state index contributed by atoms with van der Waals surface area (Å²) in [6.07, 6.45) is 0.142. The van der Waals surface area contributed by atoms with Gasteiger partial charge in [-0.25, -0.2) is 18.5 Å². The van der Waals surface area contributed by atoms with Crippen molar-refractivity contribution in [1.29, 1.82) is 0 Å². The van der Waals surface area contributed by atoms with Crippen LogP contribution in [0, 0.1) is 0 Å². The molecule has 1 aliphatic heterocycles. The Balaban J connectivity index is 1.66. The van der Waals surface area contributed by atoms with Crippen molar-refractivity contribution in [3.63, 3.8) is 0 Å². The van der Waals surface area contributed by atoms with Crippen LogP contribution < -0.4 is 15.4 Å². The highest BCUT2D eigenvalue weighted by Gasteiger charge is 2.42. The summed E-state index contributed by atoms with van der Waals surface area (Å²) in [6, 6.07) is 14.5. The van der Waals surface area contributed by atoms with Gasteiger partial charge in [0.1, 0.15) is 6.54 Å². The number of para-hydroxylation sites is 1. The number of nitrogens with two attached hydrogens (primary N) is 2. The van der Waals surface area contributed by atoms with Gasteiger partial charge in [0.2, 0.25) is 15.9 Å². The van der Waals surface area contributed by atoms with Crippen molar-refractivity contribution in [1.82, 2.24) is 0 Å². The molecule has 0 spiro atoms. The van der Waals surface area contributed by atoms with Gasteiger partial charge in [-0.3, -0.25) is 9.59 Å². The molecule has 130 valence electrons. The van der Waals surface area contributed by atoms with Crippen molar-refractivity contribution in [2.45, 2.75) is 23.9 Å². The van der Waals surface area contributed by atoms with E-state index in [1.54, 1.807) is 41.7 Å². The minimum atomic E-state index is -3.72. The van der Waals surface area contributed by atoms with Crippen LogP contribution in [-0.4, -0.2) is 26.3 Å². The standard InChI is InChI=1S/C17H17N3O4S/c18-25(23,24)14-8-6-12(7-9-14)11-19-15-10-16(21)20(17(15)22)13-4-2-1-3-5-13/h1-9,15,19H,10-11H2,(H2,18,23,24)/p+1/t15-/m1/s1. The highest BCUT2D eigenvalue weighted by atomic mass is 32.2. The Kier molecular flexibility index (Phi) is 4.67. The molecule has 4 N–H and O–H groups in total. The van der Waals surface area contributed by atoms with Crippen LogP contribution in [-0.2, 0) is 26.2 Å². The van der Waals surface area contributed by atoms with E-state index in [4.69, 9.17) is 5.14 Å². The Morgan fingerprint density at radius 1 is 1.04 bits per heavy atom. The van der Waals surface area contributed by atoms with Crippen molar-refractivity contribution >= 4 is 27.5 Å². The Labute approximate surface area is 145 Å². The summed E-state index contributed by atoms with van der Waals surface area (Å²) in [5.41, 5.74) is 1.41. The summed E-state index contributed by atoms with van der Waals surface area (Å²) >= 11 is 0. The zero-order chi connectivity index (χ0) is 18.0. The van der Waals surface area contributed by atoms with Gasteiger partial charge in [0.05, 0.1) is 17.0 Å². The third-order valence-corrected chi connectivity index (χ3v) is 5.02. The maximum absolute atomic E-state index is 12.5. The molecule has 2 aromatic rings.